The Labute approximate surface area is 157 Å². The lowest BCUT2D eigenvalue weighted by Crippen LogP contribution is -2.28. The van der Waals surface area contributed by atoms with Crippen LogP contribution >= 0.6 is 0 Å². The van der Waals surface area contributed by atoms with Crippen LogP contribution in [0.2, 0.25) is 0 Å². The predicted octanol–water partition coefficient (Wildman–Crippen LogP) is 2.55. The van der Waals surface area contributed by atoms with E-state index in [1.165, 1.54) is 12.3 Å². The highest BCUT2D eigenvalue weighted by atomic mass is 19.4. The van der Waals surface area contributed by atoms with Crippen molar-refractivity contribution in [2.24, 2.45) is 0 Å². The number of nitrogens with zero attached hydrogens (tertiary/aromatic N) is 4. The Morgan fingerprint density at radius 1 is 1.25 bits per heavy atom. The number of carbonyl (C=O) groups excluding carboxylic acids is 1. The van der Waals surface area contributed by atoms with E-state index in [4.69, 9.17) is 0 Å². The zero-order valence-electron chi connectivity index (χ0n) is 14.6. The van der Waals surface area contributed by atoms with Crippen molar-refractivity contribution in [3.05, 3.63) is 48.2 Å². The standard InChI is InChI=1S/C18H16F3N5O2/c19-18(20,21)10-28-13-2-1-12(23-7-13)8-26-9-14-15(25-26)3-6-22-16(14)17(4-5-17)24-11-27/h1-3,6-7,9,11H,4-5,8,10H2,(H,24,27). The van der Waals surface area contributed by atoms with Gasteiger partial charge in [0.1, 0.15) is 5.75 Å². The Bertz CT molecular complexity index is 997. The molecule has 0 unspecified atom stereocenters. The van der Waals surface area contributed by atoms with Crippen molar-refractivity contribution in [1.82, 2.24) is 25.1 Å². The number of carbonyl (C=O) groups is 1. The van der Waals surface area contributed by atoms with Gasteiger partial charge in [0.25, 0.3) is 0 Å². The molecule has 3 aromatic rings. The number of nitrogens with one attached hydrogen (secondary N) is 1. The van der Waals surface area contributed by atoms with Gasteiger partial charge in [-0.3, -0.25) is 19.4 Å². The first-order chi connectivity index (χ1) is 13.4. The minimum Gasteiger partial charge on any atom is -0.483 e. The average molecular weight is 391 g/mol. The van der Waals surface area contributed by atoms with Crippen LogP contribution in [0.5, 0.6) is 5.75 Å². The fourth-order valence-corrected chi connectivity index (χ4v) is 3.06. The number of amides is 1. The molecule has 0 radical (unpaired) electrons. The van der Waals surface area contributed by atoms with E-state index >= 15 is 0 Å². The first kappa shape index (κ1) is 18.2. The normalized spacial score (nSPS) is 15.4. The molecule has 3 aromatic heterocycles. The van der Waals surface area contributed by atoms with Crippen LogP contribution in [0, 0.1) is 0 Å². The molecular formula is C18H16F3N5O2. The zero-order chi connectivity index (χ0) is 19.8. The van der Waals surface area contributed by atoms with E-state index in [2.05, 4.69) is 25.1 Å². The second-order valence-electron chi connectivity index (χ2n) is 6.65. The molecule has 0 bridgehead atoms. The molecule has 28 heavy (non-hydrogen) atoms. The van der Waals surface area contributed by atoms with Gasteiger partial charge >= 0.3 is 6.18 Å². The molecule has 0 aliphatic heterocycles. The molecule has 3 heterocycles. The van der Waals surface area contributed by atoms with E-state index in [9.17, 15) is 18.0 Å². The van der Waals surface area contributed by atoms with Crippen molar-refractivity contribution in [3.63, 3.8) is 0 Å². The maximum atomic E-state index is 12.2. The monoisotopic (exact) mass is 391 g/mol. The molecule has 1 saturated carbocycles. The van der Waals surface area contributed by atoms with Crippen LogP contribution < -0.4 is 10.1 Å². The van der Waals surface area contributed by atoms with E-state index in [1.54, 1.807) is 23.0 Å². The van der Waals surface area contributed by atoms with Gasteiger partial charge in [-0.05, 0) is 31.0 Å². The summed E-state index contributed by atoms with van der Waals surface area (Å²) < 4.78 is 42.9. The van der Waals surface area contributed by atoms with Crippen LogP contribution in [-0.2, 0) is 16.9 Å². The number of pyridine rings is 2. The Morgan fingerprint density at radius 2 is 2.07 bits per heavy atom. The van der Waals surface area contributed by atoms with Crippen molar-refractivity contribution in [1.29, 1.82) is 0 Å². The van der Waals surface area contributed by atoms with Crippen LogP contribution in [0.25, 0.3) is 10.9 Å². The predicted molar refractivity (Wildman–Crippen MR) is 92.5 cm³/mol. The summed E-state index contributed by atoms with van der Waals surface area (Å²) in [6, 6.07) is 4.82. The highest BCUT2D eigenvalue weighted by molar-refractivity contribution is 5.82. The number of alkyl halides is 3. The summed E-state index contributed by atoms with van der Waals surface area (Å²) in [6.45, 7) is -1.02. The van der Waals surface area contributed by atoms with E-state index in [0.29, 0.717) is 18.6 Å². The molecule has 1 aliphatic carbocycles. The third kappa shape index (κ3) is 3.75. The number of rotatable bonds is 7. The molecule has 1 amide bonds. The average Bonchev–Trinajstić information content (AvgIpc) is 3.31. The number of hydrogen-bond donors (Lipinski definition) is 1. The Morgan fingerprint density at radius 3 is 2.71 bits per heavy atom. The van der Waals surface area contributed by atoms with Gasteiger partial charge in [0, 0.05) is 17.8 Å². The molecule has 0 atom stereocenters. The third-order valence-corrected chi connectivity index (χ3v) is 4.54. The molecule has 10 heteroatoms. The van der Waals surface area contributed by atoms with Gasteiger partial charge in [-0.1, -0.05) is 0 Å². The van der Waals surface area contributed by atoms with E-state index < -0.39 is 18.3 Å². The molecule has 1 N–H and O–H groups in total. The fourth-order valence-electron chi connectivity index (χ4n) is 3.06. The van der Waals surface area contributed by atoms with Gasteiger partial charge in [0.2, 0.25) is 6.41 Å². The van der Waals surface area contributed by atoms with Crippen LogP contribution in [0.3, 0.4) is 0 Å². The molecule has 0 spiro atoms. The molecule has 1 fully saturated rings. The first-order valence-corrected chi connectivity index (χ1v) is 8.57. The lowest BCUT2D eigenvalue weighted by Gasteiger charge is -2.13. The summed E-state index contributed by atoms with van der Waals surface area (Å²) in [6.07, 6.45) is 2.69. The summed E-state index contributed by atoms with van der Waals surface area (Å²) in [5.74, 6) is 0.0498. The zero-order valence-corrected chi connectivity index (χ0v) is 14.6. The molecular weight excluding hydrogens is 375 g/mol. The summed E-state index contributed by atoms with van der Waals surface area (Å²) in [7, 11) is 0. The van der Waals surface area contributed by atoms with Crippen LogP contribution in [0.4, 0.5) is 13.2 Å². The van der Waals surface area contributed by atoms with Crippen molar-refractivity contribution >= 4 is 17.3 Å². The lowest BCUT2D eigenvalue weighted by atomic mass is 10.1. The first-order valence-electron chi connectivity index (χ1n) is 8.57. The number of aromatic nitrogens is 4. The Balaban J connectivity index is 1.52. The highest BCUT2D eigenvalue weighted by Crippen LogP contribution is 2.46. The SMILES string of the molecule is O=CNC1(c2nccc3nn(Cc4ccc(OCC(F)(F)F)cn4)cc23)CC1. The van der Waals surface area contributed by atoms with E-state index in [1.807, 2.05) is 6.20 Å². The number of ether oxygens (including phenoxy) is 1. The number of hydrogen-bond acceptors (Lipinski definition) is 5. The number of halogens is 3. The molecule has 0 saturated heterocycles. The summed E-state index contributed by atoms with van der Waals surface area (Å²) in [4.78, 5) is 19.5. The van der Waals surface area contributed by atoms with Gasteiger partial charge in [0.05, 0.1) is 35.2 Å². The molecule has 4 rings (SSSR count). The largest absolute Gasteiger partial charge is 0.483 e. The van der Waals surface area contributed by atoms with E-state index in [-0.39, 0.29) is 5.75 Å². The van der Waals surface area contributed by atoms with Crippen molar-refractivity contribution in [2.75, 3.05) is 6.61 Å². The van der Waals surface area contributed by atoms with Crippen molar-refractivity contribution < 1.29 is 22.7 Å². The smallest absolute Gasteiger partial charge is 0.422 e. The topological polar surface area (TPSA) is 81.9 Å². The maximum absolute atomic E-state index is 12.2. The Kier molecular flexibility index (Phi) is 4.40. The van der Waals surface area contributed by atoms with Crippen molar-refractivity contribution in [2.45, 2.75) is 31.1 Å². The fraction of sp³-hybridized carbons (Fsp3) is 0.333. The van der Waals surface area contributed by atoms with E-state index in [0.717, 1.165) is 29.4 Å². The summed E-state index contributed by atoms with van der Waals surface area (Å²) >= 11 is 0. The van der Waals surface area contributed by atoms with Gasteiger partial charge in [-0.2, -0.15) is 18.3 Å². The minimum atomic E-state index is -4.39. The van der Waals surface area contributed by atoms with Gasteiger partial charge < -0.3 is 10.1 Å². The van der Waals surface area contributed by atoms with Crippen LogP contribution in [0.15, 0.2) is 36.8 Å². The summed E-state index contributed by atoms with van der Waals surface area (Å²) in [5, 5.41) is 8.19. The van der Waals surface area contributed by atoms with Gasteiger partial charge in [-0.15, -0.1) is 0 Å². The second-order valence-corrected chi connectivity index (χ2v) is 6.65. The quantitative estimate of drug-likeness (QED) is 0.626. The molecule has 7 nitrogen and oxygen atoms in total. The lowest BCUT2D eigenvalue weighted by molar-refractivity contribution is -0.153. The van der Waals surface area contributed by atoms with Gasteiger partial charge in [-0.25, -0.2) is 0 Å². The third-order valence-electron chi connectivity index (χ3n) is 4.54. The highest BCUT2D eigenvalue weighted by Gasteiger charge is 2.46. The van der Waals surface area contributed by atoms with Crippen LogP contribution in [-0.4, -0.2) is 38.9 Å². The van der Waals surface area contributed by atoms with Crippen LogP contribution in [0.1, 0.15) is 24.2 Å². The minimum absolute atomic E-state index is 0.0498. The van der Waals surface area contributed by atoms with Crippen molar-refractivity contribution in [3.8, 4) is 5.75 Å². The maximum Gasteiger partial charge on any atom is 0.422 e. The Hall–Kier alpha value is -3.17. The van der Waals surface area contributed by atoms with Gasteiger partial charge in [0.15, 0.2) is 6.61 Å². The summed E-state index contributed by atoms with van der Waals surface area (Å²) in [5.41, 5.74) is 1.72. The molecule has 0 aromatic carbocycles. The second kappa shape index (κ2) is 6.77. The number of fused-ring (bicyclic) bond motifs is 1. The molecule has 146 valence electrons. The molecule has 1 aliphatic rings.